The molecule has 0 aliphatic rings. The molecule has 0 spiro atoms. The van der Waals surface area contributed by atoms with Crippen LogP contribution in [0.5, 0.6) is 0 Å². The maximum Gasteiger partial charge on any atom is 0.326 e. The molecule has 1 rings (SSSR count). The van der Waals surface area contributed by atoms with Crippen molar-refractivity contribution in [3.8, 4) is 0 Å². The van der Waals surface area contributed by atoms with Gasteiger partial charge in [-0.1, -0.05) is 34.6 Å². The molecular formula is C15H24N2O3S. The smallest absolute Gasteiger partial charge is 0.326 e. The van der Waals surface area contributed by atoms with Gasteiger partial charge in [-0.05, 0) is 12.3 Å². The third-order valence-electron chi connectivity index (χ3n) is 2.88. The van der Waals surface area contributed by atoms with Crippen molar-refractivity contribution in [2.45, 2.75) is 58.9 Å². The second-order valence-corrected chi connectivity index (χ2v) is 7.52. The summed E-state index contributed by atoms with van der Waals surface area (Å²) in [4.78, 5) is 27.5. The number of carbonyl (C=O) groups excluding carboxylic acids is 1. The minimum absolute atomic E-state index is 0.0410. The Kier molecular flexibility index (Phi) is 5.89. The molecule has 5 nitrogen and oxygen atoms in total. The average Bonchev–Trinajstić information content (AvgIpc) is 2.75. The molecule has 1 amide bonds. The van der Waals surface area contributed by atoms with Crippen LogP contribution in [0.2, 0.25) is 0 Å². The van der Waals surface area contributed by atoms with Crippen LogP contribution < -0.4 is 5.32 Å². The van der Waals surface area contributed by atoms with Crippen molar-refractivity contribution in [2.75, 3.05) is 0 Å². The average molecular weight is 312 g/mol. The van der Waals surface area contributed by atoms with E-state index in [0.29, 0.717) is 12.1 Å². The number of carboxylic acid groups (broad SMARTS) is 1. The molecule has 0 saturated carbocycles. The van der Waals surface area contributed by atoms with Crippen molar-refractivity contribution in [3.05, 3.63) is 16.1 Å². The Hall–Kier alpha value is -1.43. The highest BCUT2D eigenvalue weighted by atomic mass is 32.1. The summed E-state index contributed by atoms with van der Waals surface area (Å²) in [5.41, 5.74) is 0.650. The molecule has 0 aromatic carbocycles. The number of amides is 1. The van der Waals surface area contributed by atoms with Crippen LogP contribution in [0.1, 0.15) is 51.7 Å². The summed E-state index contributed by atoms with van der Waals surface area (Å²) < 4.78 is 0. The largest absolute Gasteiger partial charge is 0.480 e. The number of rotatable bonds is 6. The lowest BCUT2D eigenvalue weighted by molar-refractivity contribution is -0.142. The predicted octanol–water partition coefficient (Wildman–Crippen LogP) is 2.60. The van der Waals surface area contributed by atoms with Crippen LogP contribution in [0.15, 0.2) is 5.38 Å². The predicted molar refractivity (Wildman–Crippen MR) is 83.5 cm³/mol. The van der Waals surface area contributed by atoms with Crippen LogP contribution in [-0.4, -0.2) is 28.0 Å². The maximum atomic E-state index is 12.0. The molecule has 0 radical (unpaired) electrons. The number of nitrogens with one attached hydrogen (secondary N) is 1. The zero-order valence-electron chi connectivity index (χ0n) is 13.3. The molecule has 1 aromatic heterocycles. The highest BCUT2D eigenvalue weighted by molar-refractivity contribution is 7.09. The minimum Gasteiger partial charge on any atom is -0.480 e. The summed E-state index contributed by atoms with van der Waals surface area (Å²) >= 11 is 1.53. The Morgan fingerprint density at radius 1 is 1.38 bits per heavy atom. The molecule has 0 fully saturated rings. The van der Waals surface area contributed by atoms with Crippen LogP contribution in [0.25, 0.3) is 0 Å². The van der Waals surface area contributed by atoms with E-state index in [2.05, 4.69) is 31.1 Å². The SMILES string of the molecule is CC(C)C[C@@H](NC(=O)Cc1csc(C(C)(C)C)n1)C(=O)O. The van der Waals surface area contributed by atoms with Crippen molar-refractivity contribution >= 4 is 23.2 Å². The first-order valence-electron chi connectivity index (χ1n) is 7.06. The summed E-state index contributed by atoms with van der Waals surface area (Å²) in [7, 11) is 0. The fourth-order valence-corrected chi connectivity index (χ4v) is 2.74. The van der Waals surface area contributed by atoms with Gasteiger partial charge in [0, 0.05) is 10.8 Å². The first kappa shape index (κ1) is 17.6. The number of aromatic nitrogens is 1. The van der Waals surface area contributed by atoms with E-state index < -0.39 is 12.0 Å². The van der Waals surface area contributed by atoms with Crippen LogP contribution in [0.3, 0.4) is 0 Å². The lowest BCUT2D eigenvalue weighted by Crippen LogP contribution is -2.42. The van der Waals surface area contributed by atoms with E-state index in [1.165, 1.54) is 11.3 Å². The molecule has 0 aliphatic heterocycles. The van der Waals surface area contributed by atoms with Crippen LogP contribution >= 0.6 is 11.3 Å². The number of carbonyl (C=O) groups is 2. The first-order valence-corrected chi connectivity index (χ1v) is 7.94. The van der Waals surface area contributed by atoms with Gasteiger partial charge >= 0.3 is 5.97 Å². The number of hydrogen-bond acceptors (Lipinski definition) is 4. The normalized spacial score (nSPS) is 13.2. The van der Waals surface area contributed by atoms with E-state index >= 15 is 0 Å². The number of hydrogen-bond donors (Lipinski definition) is 2. The highest BCUT2D eigenvalue weighted by Gasteiger charge is 2.22. The molecule has 1 atom stereocenters. The van der Waals surface area contributed by atoms with Gasteiger partial charge in [-0.15, -0.1) is 11.3 Å². The van der Waals surface area contributed by atoms with E-state index in [9.17, 15) is 9.59 Å². The topological polar surface area (TPSA) is 79.3 Å². The number of carboxylic acids is 1. The molecule has 2 N–H and O–H groups in total. The van der Waals surface area contributed by atoms with Gasteiger partial charge in [-0.25, -0.2) is 9.78 Å². The van der Waals surface area contributed by atoms with Gasteiger partial charge in [0.2, 0.25) is 5.91 Å². The Morgan fingerprint density at radius 2 is 2.00 bits per heavy atom. The van der Waals surface area contributed by atoms with Gasteiger partial charge in [0.25, 0.3) is 0 Å². The Bertz CT molecular complexity index is 503. The van der Waals surface area contributed by atoms with E-state index in [0.717, 1.165) is 5.01 Å². The summed E-state index contributed by atoms with van der Waals surface area (Å²) in [5.74, 6) is -1.09. The molecule has 0 aliphatic carbocycles. The number of nitrogens with zero attached hydrogens (tertiary/aromatic N) is 1. The molecular weight excluding hydrogens is 288 g/mol. The first-order chi connectivity index (χ1) is 9.59. The molecule has 6 heteroatoms. The van der Waals surface area contributed by atoms with E-state index in [1.54, 1.807) is 0 Å². The summed E-state index contributed by atoms with van der Waals surface area (Å²) in [6.07, 6.45) is 0.542. The molecule has 21 heavy (non-hydrogen) atoms. The van der Waals surface area contributed by atoms with Gasteiger partial charge in [0.1, 0.15) is 6.04 Å². The Balaban J connectivity index is 2.64. The second-order valence-electron chi connectivity index (χ2n) is 6.66. The van der Waals surface area contributed by atoms with Gasteiger partial charge < -0.3 is 10.4 Å². The number of thiazole rings is 1. The van der Waals surface area contributed by atoms with Crippen molar-refractivity contribution in [2.24, 2.45) is 5.92 Å². The summed E-state index contributed by atoms with van der Waals surface area (Å²) in [5, 5.41) is 14.5. The van der Waals surface area contributed by atoms with Crippen LogP contribution in [0.4, 0.5) is 0 Å². The quantitative estimate of drug-likeness (QED) is 0.846. The molecule has 1 aromatic rings. The standard InChI is InChI=1S/C15H24N2O3S/c1-9(2)6-11(13(19)20)17-12(18)7-10-8-21-14(16-10)15(3,4)5/h8-9,11H,6-7H2,1-5H3,(H,17,18)(H,19,20)/t11-/m1/s1. The zero-order chi connectivity index (χ0) is 16.2. The lowest BCUT2D eigenvalue weighted by atomic mass is 9.98. The third-order valence-corrected chi connectivity index (χ3v) is 4.19. The minimum atomic E-state index is -0.995. The third kappa shape index (κ3) is 5.83. The summed E-state index contributed by atoms with van der Waals surface area (Å²) in [6.45, 7) is 10.1. The van der Waals surface area contributed by atoms with Gasteiger partial charge in [-0.3, -0.25) is 4.79 Å². The lowest BCUT2D eigenvalue weighted by Gasteiger charge is -2.16. The fraction of sp³-hybridized carbons (Fsp3) is 0.667. The van der Waals surface area contributed by atoms with Gasteiger partial charge in [0.15, 0.2) is 0 Å². The second kappa shape index (κ2) is 7.02. The maximum absolute atomic E-state index is 12.0. The zero-order valence-corrected chi connectivity index (χ0v) is 14.1. The van der Waals surface area contributed by atoms with Crippen LogP contribution in [-0.2, 0) is 21.4 Å². The van der Waals surface area contributed by atoms with E-state index in [1.807, 2.05) is 19.2 Å². The summed E-state index contributed by atoms with van der Waals surface area (Å²) in [6, 6.07) is -0.835. The molecule has 0 saturated heterocycles. The van der Waals surface area contributed by atoms with Crippen LogP contribution in [0, 0.1) is 5.92 Å². The fourth-order valence-electron chi connectivity index (χ4n) is 1.84. The molecule has 118 valence electrons. The van der Waals surface area contributed by atoms with Crippen molar-refractivity contribution in [3.63, 3.8) is 0 Å². The molecule has 0 unspecified atom stereocenters. The van der Waals surface area contributed by atoms with E-state index in [-0.39, 0.29) is 23.7 Å². The molecule has 0 bridgehead atoms. The highest BCUT2D eigenvalue weighted by Crippen LogP contribution is 2.25. The number of aliphatic carboxylic acids is 1. The van der Waals surface area contributed by atoms with Gasteiger partial charge in [0.05, 0.1) is 17.1 Å². The van der Waals surface area contributed by atoms with Crippen molar-refractivity contribution in [1.82, 2.24) is 10.3 Å². The van der Waals surface area contributed by atoms with Gasteiger partial charge in [-0.2, -0.15) is 0 Å². The molecule has 1 heterocycles. The Morgan fingerprint density at radius 3 is 2.43 bits per heavy atom. The van der Waals surface area contributed by atoms with E-state index in [4.69, 9.17) is 5.11 Å². The monoisotopic (exact) mass is 312 g/mol. The van der Waals surface area contributed by atoms with Crippen molar-refractivity contribution in [1.29, 1.82) is 0 Å². The van der Waals surface area contributed by atoms with Crippen molar-refractivity contribution < 1.29 is 14.7 Å². The Labute approximate surface area is 129 Å².